The number of H-pyrrole nitrogens is 1. The van der Waals surface area contributed by atoms with Crippen LogP contribution in [0.5, 0.6) is 0 Å². The molecule has 1 rings (SSSR count). The molecule has 0 saturated carbocycles. The van der Waals surface area contributed by atoms with E-state index < -0.39 is 0 Å². The van der Waals surface area contributed by atoms with Gasteiger partial charge in [-0.15, -0.1) is 11.8 Å². The second kappa shape index (κ2) is 5.30. The average molecular weight is 252 g/mol. The molecule has 0 aliphatic carbocycles. The summed E-state index contributed by atoms with van der Waals surface area (Å²) in [6.45, 7) is 13.3. The van der Waals surface area contributed by atoms with Crippen molar-refractivity contribution in [3.05, 3.63) is 22.9 Å². The molecule has 1 aromatic rings. The summed E-state index contributed by atoms with van der Waals surface area (Å²) in [7, 11) is 0. The Balaban J connectivity index is 2.53. The molecule has 3 heteroatoms. The minimum Gasteiger partial charge on any atom is -0.281 e. The van der Waals surface area contributed by atoms with Crippen molar-refractivity contribution in [2.24, 2.45) is 5.41 Å². The summed E-state index contributed by atoms with van der Waals surface area (Å²) in [5.74, 6) is 1.13. The quantitative estimate of drug-likeness (QED) is 0.860. The zero-order valence-corrected chi connectivity index (χ0v) is 12.6. The number of rotatable bonds is 3. The molecule has 0 radical (unpaired) electrons. The van der Waals surface area contributed by atoms with Crippen LogP contribution in [0.4, 0.5) is 0 Å². The summed E-state index contributed by atoms with van der Waals surface area (Å²) >= 11 is 1.84. The molecule has 96 valence electrons. The molecule has 0 bridgehead atoms. The van der Waals surface area contributed by atoms with Crippen molar-refractivity contribution in [3.8, 4) is 0 Å². The van der Waals surface area contributed by atoms with E-state index in [1.54, 1.807) is 0 Å². The molecule has 0 saturated heterocycles. The van der Waals surface area contributed by atoms with Crippen LogP contribution in [0.1, 0.15) is 52.9 Å². The van der Waals surface area contributed by atoms with Crippen molar-refractivity contribution >= 4 is 17.8 Å². The van der Waals surface area contributed by atoms with Gasteiger partial charge < -0.3 is 0 Å². The molecule has 0 spiro atoms. The second-order valence-electron chi connectivity index (χ2n) is 6.63. The number of nitrogens with one attached hydrogen (secondary N) is 1. The Kier molecular flexibility index (Phi) is 4.48. The van der Waals surface area contributed by atoms with Gasteiger partial charge in [-0.2, -0.15) is 5.10 Å². The van der Waals surface area contributed by atoms with Crippen molar-refractivity contribution in [3.63, 3.8) is 0 Å². The molecular formula is C14H24N2S. The van der Waals surface area contributed by atoms with Gasteiger partial charge in [-0.05, 0) is 23.0 Å². The van der Waals surface area contributed by atoms with Gasteiger partial charge >= 0.3 is 0 Å². The standard InChI is InChI=1S/C14H24N2S/c1-13(2,3)10-17-8-7-11-9-12(16-15-11)14(4,5)6/h7-9H,10H2,1-6H3,(H,15,16)/b8-7+. The Morgan fingerprint density at radius 2 is 1.88 bits per heavy atom. The zero-order valence-electron chi connectivity index (χ0n) is 11.8. The molecule has 0 aliphatic rings. The summed E-state index contributed by atoms with van der Waals surface area (Å²) in [6, 6.07) is 2.12. The highest BCUT2D eigenvalue weighted by molar-refractivity contribution is 8.02. The van der Waals surface area contributed by atoms with Crippen LogP contribution >= 0.6 is 11.8 Å². The minimum absolute atomic E-state index is 0.137. The molecule has 1 N–H and O–H groups in total. The predicted octanol–water partition coefficient (Wildman–Crippen LogP) is 4.46. The maximum atomic E-state index is 4.29. The van der Waals surface area contributed by atoms with E-state index in [4.69, 9.17) is 0 Å². The molecule has 0 amide bonds. The lowest BCUT2D eigenvalue weighted by atomic mass is 9.92. The Bertz CT molecular complexity index is 378. The average Bonchev–Trinajstić information content (AvgIpc) is 2.58. The van der Waals surface area contributed by atoms with Crippen LogP contribution in [0.3, 0.4) is 0 Å². The van der Waals surface area contributed by atoms with Crippen molar-refractivity contribution < 1.29 is 0 Å². The summed E-state index contributed by atoms with van der Waals surface area (Å²) in [5.41, 5.74) is 2.70. The first-order chi connectivity index (χ1) is 7.68. The van der Waals surface area contributed by atoms with Crippen molar-refractivity contribution in [1.82, 2.24) is 10.2 Å². The predicted molar refractivity (Wildman–Crippen MR) is 78.2 cm³/mol. The number of nitrogens with zero attached hydrogens (tertiary/aromatic N) is 1. The van der Waals surface area contributed by atoms with Crippen LogP contribution in [-0.2, 0) is 5.41 Å². The van der Waals surface area contributed by atoms with E-state index >= 15 is 0 Å². The van der Waals surface area contributed by atoms with E-state index in [1.165, 1.54) is 5.69 Å². The Morgan fingerprint density at radius 1 is 1.24 bits per heavy atom. The van der Waals surface area contributed by atoms with Gasteiger partial charge in [-0.3, -0.25) is 5.10 Å². The van der Waals surface area contributed by atoms with E-state index in [1.807, 2.05) is 11.8 Å². The van der Waals surface area contributed by atoms with E-state index in [0.29, 0.717) is 5.41 Å². The Labute approximate surface area is 109 Å². The van der Waals surface area contributed by atoms with Gasteiger partial charge in [0.25, 0.3) is 0 Å². The first-order valence-electron chi connectivity index (χ1n) is 6.02. The molecule has 2 nitrogen and oxygen atoms in total. The first-order valence-corrected chi connectivity index (χ1v) is 7.07. The molecular weight excluding hydrogens is 228 g/mol. The third kappa shape index (κ3) is 5.44. The number of hydrogen-bond acceptors (Lipinski definition) is 2. The molecule has 0 unspecified atom stereocenters. The highest BCUT2D eigenvalue weighted by atomic mass is 32.2. The molecule has 0 atom stereocenters. The number of aromatic nitrogens is 2. The summed E-state index contributed by atoms with van der Waals surface area (Å²) in [5, 5.41) is 9.52. The zero-order chi connectivity index (χ0) is 13.1. The van der Waals surface area contributed by atoms with E-state index in [9.17, 15) is 0 Å². The van der Waals surface area contributed by atoms with Gasteiger partial charge in [0.05, 0.1) is 5.69 Å². The van der Waals surface area contributed by atoms with E-state index in [2.05, 4.69) is 69.3 Å². The number of hydrogen-bond donors (Lipinski definition) is 1. The largest absolute Gasteiger partial charge is 0.281 e. The lowest BCUT2D eigenvalue weighted by Crippen LogP contribution is -2.11. The lowest BCUT2D eigenvalue weighted by Gasteiger charge is -2.15. The monoisotopic (exact) mass is 252 g/mol. The normalized spacial score (nSPS) is 13.5. The molecule has 0 fully saturated rings. The molecule has 1 aromatic heterocycles. The summed E-state index contributed by atoms with van der Waals surface area (Å²) in [6.07, 6.45) is 2.07. The maximum Gasteiger partial charge on any atom is 0.0856 e. The van der Waals surface area contributed by atoms with Crippen LogP contribution in [0.15, 0.2) is 11.5 Å². The maximum absolute atomic E-state index is 4.29. The fraction of sp³-hybridized carbons (Fsp3) is 0.643. The van der Waals surface area contributed by atoms with Gasteiger partial charge in [-0.1, -0.05) is 41.5 Å². The summed E-state index contributed by atoms with van der Waals surface area (Å²) < 4.78 is 0. The van der Waals surface area contributed by atoms with Gasteiger partial charge in [0.15, 0.2) is 0 Å². The highest BCUT2D eigenvalue weighted by Crippen LogP contribution is 2.23. The van der Waals surface area contributed by atoms with Gasteiger partial charge in [0.2, 0.25) is 0 Å². The van der Waals surface area contributed by atoms with Crippen molar-refractivity contribution in [1.29, 1.82) is 0 Å². The van der Waals surface area contributed by atoms with E-state index in [-0.39, 0.29) is 5.41 Å². The third-order valence-corrected chi connectivity index (χ3v) is 3.62. The van der Waals surface area contributed by atoms with Crippen LogP contribution in [0, 0.1) is 5.41 Å². The van der Waals surface area contributed by atoms with Crippen LogP contribution in [0.25, 0.3) is 6.08 Å². The van der Waals surface area contributed by atoms with Crippen LogP contribution < -0.4 is 0 Å². The molecule has 0 aliphatic heterocycles. The first kappa shape index (κ1) is 14.4. The molecule has 17 heavy (non-hydrogen) atoms. The van der Waals surface area contributed by atoms with E-state index in [0.717, 1.165) is 11.4 Å². The molecule has 1 heterocycles. The third-order valence-electron chi connectivity index (χ3n) is 2.26. The topological polar surface area (TPSA) is 28.7 Å². The van der Waals surface area contributed by atoms with Crippen molar-refractivity contribution in [2.75, 3.05) is 5.75 Å². The fourth-order valence-corrected chi connectivity index (χ4v) is 2.05. The van der Waals surface area contributed by atoms with Crippen molar-refractivity contribution in [2.45, 2.75) is 47.0 Å². The molecule has 0 aromatic carbocycles. The van der Waals surface area contributed by atoms with Crippen LogP contribution in [-0.4, -0.2) is 16.0 Å². The van der Waals surface area contributed by atoms with Gasteiger partial charge in [0, 0.05) is 16.9 Å². The van der Waals surface area contributed by atoms with Gasteiger partial charge in [0.1, 0.15) is 0 Å². The minimum atomic E-state index is 0.137. The van der Waals surface area contributed by atoms with Gasteiger partial charge in [-0.25, -0.2) is 0 Å². The lowest BCUT2D eigenvalue weighted by molar-refractivity contribution is 0.481. The van der Waals surface area contributed by atoms with Crippen LogP contribution in [0.2, 0.25) is 0 Å². The Hall–Kier alpha value is -0.700. The number of aromatic amines is 1. The SMILES string of the molecule is CC(C)(C)CS/C=C/c1cc(C(C)(C)C)[nH]n1. The Morgan fingerprint density at radius 3 is 2.35 bits per heavy atom. The summed E-state index contributed by atoms with van der Waals surface area (Å²) in [4.78, 5) is 0. The smallest absolute Gasteiger partial charge is 0.0856 e. The second-order valence-corrected chi connectivity index (χ2v) is 7.53. The highest BCUT2D eigenvalue weighted by Gasteiger charge is 2.15. The number of thioether (sulfide) groups is 1. The fourth-order valence-electron chi connectivity index (χ4n) is 1.22.